The molecular formula is C6H10O7Se. The molecule has 14 heavy (non-hydrogen) atoms. The molecule has 1 aliphatic rings. The van der Waals surface area contributed by atoms with Gasteiger partial charge in [0.2, 0.25) is 0 Å². The molecule has 1 saturated heterocycles. The zero-order chi connectivity index (χ0) is 10.9. The molecule has 0 spiro atoms. The van der Waals surface area contributed by atoms with Gasteiger partial charge in [0.05, 0.1) is 0 Å². The Bertz CT molecular complexity index is 275. The summed E-state index contributed by atoms with van der Waals surface area (Å²) < 4.78 is 14.6. The van der Waals surface area contributed by atoms with Gasteiger partial charge >= 0.3 is 83.9 Å². The van der Waals surface area contributed by atoms with Crippen molar-refractivity contribution in [2.75, 3.05) is 6.61 Å². The van der Waals surface area contributed by atoms with E-state index < -0.39 is 49.8 Å². The first-order valence-corrected chi connectivity index (χ1v) is 5.25. The quantitative estimate of drug-likeness (QED) is 0.308. The molecule has 0 unspecified atom stereocenters. The van der Waals surface area contributed by atoms with E-state index in [-0.39, 0.29) is 0 Å². The first-order chi connectivity index (χ1) is 6.46. The molecule has 1 rings (SSSR count). The summed E-state index contributed by atoms with van der Waals surface area (Å²) in [4.78, 5) is 0. The van der Waals surface area contributed by atoms with Crippen LogP contribution in [0.25, 0.3) is 0 Å². The van der Waals surface area contributed by atoms with E-state index in [4.69, 9.17) is 5.11 Å². The van der Waals surface area contributed by atoms with Gasteiger partial charge in [-0.15, -0.1) is 0 Å². The summed E-state index contributed by atoms with van der Waals surface area (Å²) in [5, 5.41) is 45.7. The first-order valence-electron chi connectivity index (χ1n) is 3.69. The summed E-state index contributed by atoms with van der Waals surface area (Å²) >= 11 is -1.51. The molecule has 0 aliphatic carbocycles. The molecule has 0 bridgehead atoms. The Labute approximate surface area is 84.5 Å². The van der Waals surface area contributed by atoms with Gasteiger partial charge in [-0.1, -0.05) is 0 Å². The van der Waals surface area contributed by atoms with Crippen LogP contribution in [0.1, 0.15) is 0 Å². The molecule has 4 atom stereocenters. The number of aliphatic hydroxyl groups is 5. The van der Waals surface area contributed by atoms with Crippen LogP contribution in [0, 0.1) is 0 Å². The van der Waals surface area contributed by atoms with Gasteiger partial charge in [0, 0.05) is 0 Å². The van der Waals surface area contributed by atoms with E-state index in [1.165, 1.54) is 0 Å². The molecule has 7 nitrogen and oxygen atoms in total. The maximum absolute atomic E-state index is 10.5. The second kappa shape index (κ2) is 4.21. The SMILES string of the molecule is O=[Se]=C1O[C@@](O)(CO)[C@@H](O)[C@H](O)[C@@H]1O. The van der Waals surface area contributed by atoms with Crippen LogP contribution in [0.4, 0.5) is 0 Å². The summed E-state index contributed by atoms with van der Waals surface area (Å²) in [5.41, 5.74) is 0. The molecule has 82 valence electrons. The third-order valence-corrected chi connectivity index (χ3v) is 2.96. The van der Waals surface area contributed by atoms with Gasteiger partial charge in [-0.05, 0) is 0 Å². The van der Waals surface area contributed by atoms with Gasteiger partial charge in [0.1, 0.15) is 0 Å². The minimum absolute atomic E-state index is 0.452. The van der Waals surface area contributed by atoms with E-state index in [0.717, 1.165) is 0 Å². The Hall–Kier alpha value is -0.0505. The molecule has 0 aromatic heterocycles. The fourth-order valence-corrected chi connectivity index (χ4v) is 1.94. The van der Waals surface area contributed by atoms with Crippen molar-refractivity contribution in [2.45, 2.75) is 24.1 Å². The van der Waals surface area contributed by atoms with Gasteiger partial charge < -0.3 is 0 Å². The average Bonchev–Trinajstić information content (AvgIpc) is 2.20. The standard InChI is InChI=1S/C6H10O7Se/c7-1-6(11)4(10)2(8)3(9)5(13-6)14-12/h2-4,7-11H,1H2/t2-,3+,4+,6+/m1/s1. The number of ether oxygens (including phenoxy) is 1. The van der Waals surface area contributed by atoms with E-state index in [9.17, 15) is 24.3 Å². The predicted octanol–water partition coefficient (Wildman–Crippen LogP) is -4.04. The Balaban J connectivity index is 3.01. The molecule has 0 amide bonds. The fourth-order valence-electron chi connectivity index (χ4n) is 1.07. The molecule has 0 radical (unpaired) electrons. The van der Waals surface area contributed by atoms with Gasteiger partial charge in [0.15, 0.2) is 0 Å². The molecular weight excluding hydrogens is 263 g/mol. The second-order valence-corrected chi connectivity index (χ2v) is 4.08. The second-order valence-electron chi connectivity index (χ2n) is 2.89. The number of hydrogen-bond acceptors (Lipinski definition) is 7. The predicted molar refractivity (Wildman–Crippen MR) is 42.6 cm³/mol. The maximum atomic E-state index is 10.5. The third-order valence-electron chi connectivity index (χ3n) is 1.94. The molecule has 8 heteroatoms. The zero-order valence-electron chi connectivity index (χ0n) is 6.90. The normalized spacial score (nSPS) is 43.8. The van der Waals surface area contributed by atoms with Crippen molar-refractivity contribution in [3.05, 3.63) is 0 Å². The van der Waals surface area contributed by atoms with Crippen LogP contribution in [-0.2, 0) is 8.57 Å². The van der Waals surface area contributed by atoms with Crippen molar-refractivity contribution in [3.63, 3.8) is 0 Å². The van der Waals surface area contributed by atoms with E-state index in [0.29, 0.717) is 0 Å². The van der Waals surface area contributed by atoms with Crippen molar-refractivity contribution >= 4 is 19.1 Å². The van der Waals surface area contributed by atoms with E-state index in [2.05, 4.69) is 4.74 Å². The zero-order valence-corrected chi connectivity index (χ0v) is 8.61. The molecule has 5 N–H and O–H groups in total. The Morgan fingerprint density at radius 2 is 2.00 bits per heavy atom. The summed E-state index contributed by atoms with van der Waals surface area (Å²) in [7, 11) is 0. The average molecular weight is 273 g/mol. The molecule has 0 saturated carbocycles. The summed E-state index contributed by atoms with van der Waals surface area (Å²) in [6, 6.07) is 0. The van der Waals surface area contributed by atoms with Crippen LogP contribution in [0.5, 0.6) is 0 Å². The van der Waals surface area contributed by atoms with Gasteiger partial charge in [0.25, 0.3) is 0 Å². The Kier molecular flexibility index (Phi) is 3.62. The van der Waals surface area contributed by atoms with Crippen LogP contribution < -0.4 is 0 Å². The Morgan fingerprint density at radius 3 is 2.43 bits per heavy atom. The molecule has 1 fully saturated rings. The van der Waals surface area contributed by atoms with E-state index >= 15 is 0 Å². The third kappa shape index (κ3) is 1.83. The molecule has 0 aromatic rings. The van der Waals surface area contributed by atoms with E-state index in [1.807, 2.05) is 0 Å². The number of hydrogen-bond donors (Lipinski definition) is 5. The van der Waals surface area contributed by atoms with Crippen LogP contribution in [-0.4, -0.2) is 75.3 Å². The summed E-state index contributed by atoms with van der Waals surface area (Å²) in [5.74, 6) is -2.42. The summed E-state index contributed by atoms with van der Waals surface area (Å²) in [6.07, 6.45) is -5.24. The van der Waals surface area contributed by atoms with Gasteiger partial charge in [-0.3, -0.25) is 0 Å². The minimum atomic E-state index is -2.42. The number of rotatable bonds is 1. The van der Waals surface area contributed by atoms with Crippen molar-refractivity contribution in [2.24, 2.45) is 0 Å². The van der Waals surface area contributed by atoms with Crippen molar-refractivity contribution in [3.8, 4) is 0 Å². The van der Waals surface area contributed by atoms with Crippen molar-refractivity contribution in [1.82, 2.24) is 0 Å². The van der Waals surface area contributed by atoms with Crippen LogP contribution in [0.2, 0.25) is 0 Å². The molecule has 1 aliphatic heterocycles. The Morgan fingerprint density at radius 1 is 1.43 bits per heavy atom. The van der Waals surface area contributed by atoms with Gasteiger partial charge in [-0.25, -0.2) is 0 Å². The molecule has 1 heterocycles. The first kappa shape index (κ1) is 12.0. The molecule has 0 aromatic carbocycles. The van der Waals surface area contributed by atoms with Gasteiger partial charge in [-0.2, -0.15) is 0 Å². The van der Waals surface area contributed by atoms with Crippen LogP contribution in [0.3, 0.4) is 0 Å². The van der Waals surface area contributed by atoms with Crippen LogP contribution in [0.15, 0.2) is 0 Å². The summed E-state index contributed by atoms with van der Waals surface area (Å²) in [6.45, 7) is -0.989. The van der Waals surface area contributed by atoms with Crippen molar-refractivity contribution < 1.29 is 34.1 Å². The topological polar surface area (TPSA) is 127 Å². The van der Waals surface area contributed by atoms with E-state index in [1.54, 1.807) is 0 Å². The number of aliphatic hydroxyl groups excluding tert-OH is 4. The van der Waals surface area contributed by atoms with Crippen LogP contribution >= 0.6 is 0 Å². The van der Waals surface area contributed by atoms with Crippen molar-refractivity contribution in [1.29, 1.82) is 0 Å². The monoisotopic (exact) mass is 274 g/mol. The fraction of sp³-hybridized carbons (Fsp3) is 0.833.